The van der Waals surface area contributed by atoms with Crippen LogP contribution in [0.5, 0.6) is 11.5 Å². The average Bonchev–Trinajstić information content (AvgIpc) is 2.81. The Morgan fingerprint density at radius 2 is 1.49 bits per heavy atom. The molecule has 1 aliphatic heterocycles. The van der Waals surface area contributed by atoms with Gasteiger partial charge in [-0.05, 0) is 116 Å². The second-order valence-corrected chi connectivity index (χ2v) is 14.8. The molecule has 3 heteroatoms. The number of ketones is 1. The van der Waals surface area contributed by atoms with Crippen LogP contribution in [0.15, 0.2) is 6.07 Å². The van der Waals surface area contributed by atoms with Gasteiger partial charge in [-0.3, -0.25) is 4.79 Å². The molecule has 3 atom stereocenters. The number of hydrogen-bond acceptors (Lipinski definition) is 3. The van der Waals surface area contributed by atoms with Gasteiger partial charge < -0.3 is 9.47 Å². The Morgan fingerprint density at radius 3 is 2.03 bits per heavy atom. The maximum absolute atomic E-state index is 12.3. The molecule has 0 fully saturated rings. The molecule has 0 bridgehead atoms. The van der Waals surface area contributed by atoms with E-state index in [-0.39, 0.29) is 11.4 Å². The van der Waals surface area contributed by atoms with Gasteiger partial charge in [-0.2, -0.15) is 0 Å². The summed E-state index contributed by atoms with van der Waals surface area (Å²) < 4.78 is 13.3. The fraction of sp³-hybridized carbons (Fsp3) is 0.806. The lowest BCUT2D eigenvalue weighted by Crippen LogP contribution is -2.48. The van der Waals surface area contributed by atoms with Crippen molar-refractivity contribution in [2.45, 2.75) is 165 Å². The lowest BCUT2D eigenvalue weighted by molar-refractivity contribution is -0.135. The zero-order valence-electron chi connectivity index (χ0n) is 27.8. The monoisotopic (exact) mass is 542 g/mol. The maximum atomic E-state index is 12.3. The van der Waals surface area contributed by atoms with E-state index in [1.54, 1.807) is 6.92 Å². The van der Waals surface area contributed by atoms with Gasteiger partial charge in [-0.1, -0.05) is 72.6 Å². The Morgan fingerprint density at radius 1 is 0.949 bits per heavy atom. The molecular formula is C36H62O3. The van der Waals surface area contributed by atoms with Crippen molar-refractivity contribution in [3.8, 4) is 11.5 Å². The Balaban J connectivity index is 1.90. The summed E-state index contributed by atoms with van der Waals surface area (Å²) in [7, 11) is 0. The van der Waals surface area contributed by atoms with Gasteiger partial charge in [0.05, 0.1) is 5.41 Å². The number of hydrogen-bond donors (Lipinski definition) is 0. The second-order valence-electron chi connectivity index (χ2n) is 14.8. The number of fused-ring (bicyclic) bond motifs is 1. The fourth-order valence-corrected chi connectivity index (χ4v) is 6.02. The van der Waals surface area contributed by atoms with E-state index in [0.717, 1.165) is 59.6 Å². The molecule has 0 saturated carbocycles. The summed E-state index contributed by atoms with van der Waals surface area (Å²) in [6.07, 6.45) is 13.9. The van der Waals surface area contributed by atoms with Gasteiger partial charge in [0.25, 0.3) is 0 Å². The molecule has 0 radical (unpaired) electrons. The van der Waals surface area contributed by atoms with Crippen molar-refractivity contribution in [3.63, 3.8) is 0 Å². The molecule has 0 aromatic heterocycles. The number of carbonyl (C=O) groups is 1. The highest BCUT2D eigenvalue weighted by Gasteiger charge is 2.44. The molecule has 2 rings (SSSR count). The first-order chi connectivity index (χ1) is 18.0. The summed E-state index contributed by atoms with van der Waals surface area (Å²) in [6.45, 7) is 25.7. The SMILES string of the molecule is CC(=O)C(C)(C)C(C)(C)Oc1c(C)cc2c(c1C)CCC(C)(CCCC(C)CCCC(C)CCCC(C)C)O2. The minimum atomic E-state index is -0.616. The van der Waals surface area contributed by atoms with E-state index in [0.29, 0.717) is 0 Å². The predicted octanol–water partition coefficient (Wildman–Crippen LogP) is 10.6. The smallest absolute Gasteiger partial charge is 0.139 e. The van der Waals surface area contributed by atoms with Crippen molar-refractivity contribution in [2.75, 3.05) is 0 Å². The van der Waals surface area contributed by atoms with Crippen LogP contribution in [0.2, 0.25) is 0 Å². The Labute approximate surface area is 242 Å². The molecule has 1 heterocycles. The molecule has 224 valence electrons. The lowest BCUT2D eigenvalue weighted by Gasteiger charge is -2.42. The predicted molar refractivity (Wildman–Crippen MR) is 167 cm³/mol. The van der Waals surface area contributed by atoms with Crippen LogP contribution in [0.4, 0.5) is 0 Å². The molecule has 39 heavy (non-hydrogen) atoms. The third kappa shape index (κ3) is 9.25. The Kier molecular flexibility index (Phi) is 12.0. The van der Waals surface area contributed by atoms with Gasteiger partial charge in [0, 0.05) is 5.56 Å². The van der Waals surface area contributed by atoms with E-state index >= 15 is 0 Å². The van der Waals surface area contributed by atoms with Crippen molar-refractivity contribution >= 4 is 5.78 Å². The topological polar surface area (TPSA) is 35.5 Å². The molecule has 0 N–H and O–H groups in total. The van der Waals surface area contributed by atoms with Crippen molar-refractivity contribution in [3.05, 3.63) is 22.8 Å². The third-order valence-corrected chi connectivity index (χ3v) is 10.1. The molecule has 1 aliphatic rings. The molecular weight excluding hydrogens is 480 g/mol. The van der Waals surface area contributed by atoms with Gasteiger partial charge in [-0.25, -0.2) is 0 Å². The molecule has 1 aromatic carbocycles. The zero-order chi connectivity index (χ0) is 29.6. The number of ether oxygens (including phenoxy) is 2. The number of benzene rings is 1. The first-order valence-corrected chi connectivity index (χ1v) is 16.0. The Hall–Kier alpha value is -1.51. The van der Waals surface area contributed by atoms with Crippen molar-refractivity contribution in [1.82, 2.24) is 0 Å². The minimum absolute atomic E-state index is 0.102. The number of rotatable bonds is 16. The van der Waals surface area contributed by atoms with Crippen LogP contribution in [0.25, 0.3) is 0 Å². The number of aryl methyl sites for hydroxylation is 1. The summed E-state index contributed by atoms with van der Waals surface area (Å²) in [6, 6.07) is 2.16. The van der Waals surface area contributed by atoms with E-state index in [9.17, 15) is 4.79 Å². The van der Waals surface area contributed by atoms with Crippen LogP contribution in [-0.4, -0.2) is 17.0 Å². The van der Waals surface area contributed by atoms with Gasteiger partial charge in [0.1, 0.15) is 28.5 Å². The molecule has 0 aliphatic carbocycles. The van der Waals surface area contributed by atoms with Gasteiger partial charge in [0.15, 0.2) is 0 Å². The van der Waals surface area contributed by atoms with E-state index in [1.165, 1.54) is 56.9 Å². The molecule has 3 unspecified atom stereocenters. The first kappa shape index (κ1) is 33.7. The van der Waals surface area contributed by atoms with Crippen LogP contribution < -0.4 is 9.47 Å². The lowest BCUT2D eigenvalue weighted by atomic mass is 9.74. The fourth-order valence-electron chi connectivity index (χ4n) is 6.02. The van der Waals surface area contributed by atoms with E-state index in [4.69, 9.17) is 9.47 Å². The van der Waals surface area contributed by atoms with E-state index < -0.39 is 11.0 Å². The quantitative estimate of drug-likeness (QED) is 0.208. The number of carbonyl (C=O) groups excluding carboxylic acids is 1. The van der Waals surface area contributed by atoms with Crippen molar-refractivity contribution in [2.24, 2.45) is 23.2 Å². The summed E-state index contributed by atoms with van der Waals surface area (Å²) in [5, 5.41) is 0. The second kappa shape index (κ2) is 13.9. The third-order valence-electron chi connectivity index (χ3n) is 10.1. The van der Waals surface area contributed by atoms with Crippen LogP contribution >= 0.6 is 0 Å². The normalized spacial score (nSPS) is 19.4. The van der Waals surface area contributed by atoms with Gasteiger partial charge >= 0.3 is 0 Å². The molecule has 0 saturated heterocycles. The van der Waals surface area contributed by atoms with E-state index in [1.807, 2.05) is 27.7 Å². The van der Waals surface area contributed by atoms with Crippen LogP contribution in [-0.2, 0) is 11.2 Å². The highest BCUT2D eigenvalue weighted by molar-refractivity contribution is 5.82. The Bertz CT molecular complexity index is 941. The van der Waals surface area contributed by atoms with Crippen LogP contribution in [0, 0.1) is 37.0 Å². The van der Waals surface area contributed by atoms with Crippen molar-refractivity contribution < 1.29 is 14.3 Å². The molecule has 3 nitrogen and oxygen atoms in total. The first-order valence-electron chi connectivity index (χ1n) is 16.0. The summed E-state index contributed by atoms with van der Waals surface area (Å²) in [4.78, 5) is 12.3. The van der Waals surface area contributed by atoms with Crippen LogP contribution in [0.1, 0.15) is 150 Å². The summed E-state index contributed by atoms with van der Waals surface area (Å²) in [5.74, 6) is 4.57. The van der Waals surface area contributed by atoms with Gasteiger partial charge in [-0.15, -0.1) is 0 Å². The number of Topliss-reactive ketones (excluding diaryl/α,β-unsaturated/α-hetero) is 1. The highest BCUT2D eigenvalue weighted by Crippen LogP contribution is 2.45. The van der Waals surface area contributed by atoms with Crippen molar-refractivity contribution in [1.29, 1.82) is 0 Å². The largest absolute Gasteiger partial charge is 0.487 e. The average molecular weight is 543 g/mol. The van der Waals surface area contributed by atoms with Gasteiger partial charge in [0.2, 0.25) is 0 Å². The summed E-state index contributed by atoms with van der Waals surface area (Å²) in [5.41, 5.74) is 2.20. The standard InChI is InChI=1S/C36H62O3/c1-25(2)16-13-17-26(3)18-14-19-27(4)20-15-22-36(12)23-21-31-29(6)33(28(5)24-32(31)38-36)39-35(10,11)34(8,9)30(7)37/h24-27H,13-23H2,1-12H3. The van der Waals surface area contributed by atoms with Crippen LogP contribution in [0.3, 0.4) is 0 Å². The molecule has 1 aromatic rings. The minimum Gasteiger partial charge on any atom is -0.487 e. The van der Waals surface area contributed by atoms with E-state index in [2.05, 4.69) is 54.5 Å². The highest BCUT2D eigenvalue weighted by atomic mass is 16.5. The maximum Gasteiger partial charge on any atom is 0.139 e. The zero-order valence-corrected chi connectivity index (χ0v) is 27.8. The molecule has 0 spiro atoms. The molecule has 0 amide bonds. The summed E-state index contributed by atoms with van der Waals surface area (Å²) >= 11 is 0.